The molecule has 2 aromatic rings. The number of ether oxygens (including phenoxy) is 1. The van der Waals surface area contributed by atoms with E-state index in [1.165, 1.54) is 0 Å². The van der Waals surface area contributed by atoms with Gasteiger partial charge in [-0.05, 0) is 18.2 Å². The Morgan fingerprint density at radius 3 is 2.80 bits per heavy atom. The Morgan fingerprint density at radius 2 is 2.20 bits per heavy atom. The maximum absolute atomic E-state index is 9.67. The molecule has 0 aliphatic carbocycles. The third-order valence-electron chi connectivity index (χ3n) is 2.16. The van der Waals surface area contributed by atoms with E-state index in [1.807, 2.05) is 0 Å². The summed E-state index contributed by atoms with van der Waals surface area (Å²) < 4.78 is 5.07. The minimum atomic E-state index is 0.143. The molecule has 4 N–H and O–H groups in total. The normalized spacial score (nSPS) is 10.2. The topological polar surface area (TPSA) is 84.2 Å². The summed E-state index contributed by atoms with van der Waals surface area (Å²) in [6.07, 6.45) is 1.56. The summed E-state index contributed by atoms with van der Waals surface area (Å²) in [7, 11) is 1.56. The smallest absolute Gasteiger partial charge is 0.126 e. The van der Waals surface area contributed by atoms with Crippen LogP contribution in [0.25, 0.3) is 11.1 Å². The molecule has 0 radical (unpaired) electrons. The highest BCUT2D eigenvalue weighted by molar-refractivity contribution is 5.78. The zero-order chi connectivity index (χ0) is 10.8. The van der Waals surface area contributed by atoms with Gasteiger partial charge in [-0.25, -0.2) is 0 Å². The predicted molar refractivity (Wildman–Crippen MR) is 56.7 cm³/mol. The number of anilines is 1. The van der Waals surface area contributed by atoms with E-state index in [-0.39, 0.29) is 5.75 Å². The number of H-pyrrole nitrogens is 1. The largest absolute Gasteiger partial charge is 0.507 e. The maximum Gasteiger partial charge on any atom is 0.126 e. The number of hydrogen-bond donors (Lipinski definition) is 3. The molecule has 0 saturated carbocycles. The molecule has 1 aromatic carbocycles. The number of methoxy groups -OCH3 is 1. The lowest BCUT2D eigenvalue weighted by molar-refractivity contribution is 0.412. The second-order valence-corrected chi connectivity index (χ2v) is 3.08. The van der Waals surface area contributed by atoms with Crippen molar-refractivity contribution in [1.82, 2.24) is 10.2 Å². The highest BCUT2D eigenvalue weighted by Gasteiger charge is 2.10. The third-order valence-corrected chi connectivity index (χ3v) is 2.16. The molecule has 0 saturated heterocycles. The molecule has 1 heterocycles. The minimum absolute atomic E-state index is 0.143. The van der Waals surface area contributed by atoms with Crippen molar-refractivity contribution in [2.24, 2.45) is 0 Å². The molecule has 78 valence electrons. The number of nitrogen functional groups attached to an aromatic ring is 1. The number of hydrogen-bond acceptors (Lipinski definition) is 4. The number of nitrogens with two attached hydrogens (primary N) is 1. The molecule has 0 unspecified atom stereocenters. The van der Waals surface area contributed by atoms with Crippen LogP contribution in [-0.2, 0) is 0 Å². The third kappa shape index (κ3) is 1.59. The number of aromatic nitrogens is 2. The number of benzene rings is 1. The summed E-state index contributed by atoms with van der Waals surface area (Å²) >= 11 is 0. The first-order valence-corrected chi connectivity index (χ1v) is 4.38. The molecule has 0 amide bonds. The van der Waals surface area contributed by atoms with Gasteiger partial charge < -0.3 is 15.6 Å². The molecule has 2 rings (SSSR count). The van der Waals surface area contributed by atoms with Gasteiger partial charge in [-0.15, -0.1) is 0 Å². The molecule has 0 fully saturated rings. The molecule has 0 spiro atoms. The second-order valence-electron chi connectivity index (χ2n) is 3.08. The van der Waals surface area contributed by atoms with Gasteiger partial charge in [0.25, 0.3) is 0 Å². The van der Waals surface area contributed by atoms with Crippen LogP contribution in [0.2, 0.25) is 0 Å². The number of nitrogens with zero attached hydrogens (tertiary/aromatic N) is 1. The number of nitrogens with one attached hydrogen (secondary N) is 1. The van der Waals surface area contributed by atoms with E-state index in [0.717, 1.165) is 0 Å². The Kier molecular flexibility index (Phi) is 2.21. The molecule has 15 heavy (non-hydrogen) atoms. The van der Waals surface area contributed by atoms with Crippen molar-refractivity contribution >= 4 is 5.82 Å². The first kappa shape index (κ1) is 9.39. The van der Waals surface area contributed by atoms with E-state index >= 15 is 0 Å². The lowest BCUT2D eigenvalue weighted by atomic mass is 10.1. The van der Waals surface area contributed by atoms with Gasteiger partial charge in [0.2, 0.25) is 0 Å². The summed E-state index contributed by atoms with van der Waals surface area (Å²) in [4.78, 5) is 0. The van der Waals surface area contributed by atoms with E-state index in [9.17, 15) is 5.11 Å². The molecule has 1 aromatic heterocycles. The van der Waals surface area contributed by atoms with Crippen LogP contribution in [0.15, 0.2) is 24.4 Å². The number of phenols is 1. The summed E-state index contributed by atoms with van der Waals surface area (Å²) in [5.74, 6) is 1.21. The van der Waals surface area contributed by atoms with E-state index in [0.29, 0.717) is 22.7 Å². The second kappa shape index (κ2) is 3.53. The number of aromatic amines is 1. The van der Waals surface area contributed by atoms with Crippen LogP contribution in [0.5, 0.6) is 11.5 Å². The van der Waals surface area contributed by atoms with Gasteiger partial charge in [0.1, 0.15) is 17.3 Å². The molecule has 0 bridgehead atoms. The Balaban J connectivity index is 2.56. The number of rotatable bonds is 2. The fourth-order valence-electron chi connectivity index (χ4n) is 1.37. The summed E-state index contributed by atoms with van der Waals surface area (Å²) in [5, 5.41) is 16.1. The lowest BCUT2D eigenvalue weighted by Gasteiger charge is -2.05. The van der Waals surface area contributed by atoms with Crippen LogP contribution in [0.4, 0.5) is 5.82 Å². The lowest BCUT2D eigenvalue weighted by Crippen LogP contribution is -1.89. The van der Waals surface area contributed by atoms with Crippen molar-refractivity contribution in [3.05, 3.63) is 24.4 Å². The average molecular weight is 205 g/mol. The van der Waals surface area contributed by atoms with Gasteiger partial charge >= 0.3 is 0 Å². The predicted octanol–water partition coefficient (Wildman–Crippen LogP) is 1.37. The summed E-state index contributed by atoms with van der Waals surface area (Å²) in [5.41, 5.74) is 6.92. The van der Waals surface area contributed by atoms with Crippen LogP contribution in [-0.4, -0.2) is 22.4 Å². The molecule has 5 heteroatoms. The van der Waals surface area contributed by atoms with Gasteiger partial charge in [0.15, 0.2) is 0 Å². The van der Waals surface area contributed by atoms with Gasteiger partial charge in [-0.2, -0.15) is 5.10 Å². The summed E-state index contributed by atoms with van der Waals surface area (Å²) in [6, 6.07) is 4.94. The van der Waals surface area contributed by atoms with E-state index in [4.69, 9.17) is 10.5 Å². The Labute approximate surface area is 86.5 Å². The van der Waals surface area contributed by atoms with Crippen molar-refractivity contribution < 1.29 is 9.84 Å². The zero-order valence-electron chi connectivity index (χ0n) is 8.19. The van der Waals surface area contributed by atoms with Gasteiger partial charge in [0, 0.05) is 11.1 Å². The Hall–Kier alpha value is -2.17. The molecule has 0 aliphatic heterocycles. The number of phenolic OH excluding ortho intramolecular Hbond substituents is 1. The highest BCUT2D eigenvalue weighted by Crippen LogP contribution is 2.34. The summed E-state index contributed by atoms with van der Waals surface area (Å²) in [6.45, 7) is 0. The first-order chi connectivity index (χ1) is 7.22. The Morgan fingerprint density at radius 1 is 1.40 bits per heavy atom. The Bertz CT molecular complexity index is 479. The van der Waals surface area contributed by atoms with Crippen LogP contribution in [0.3, 0.4) is 0 Å². The van der Waals surface area contributed by atoms with E-state index < -0.39 is 0 Å². The van der Waals surface area contributed by atoms with Crippen LogP contribution in [0, 0.1) is 0 Å². The molecule has 0 aliphatic rings. The quantitative estimate of drug-likeness (QED) is 0.691. The van der Waals surface area contributed by atoms with Gasteiger partial charge in [-0.1, -0.05) is 0 Å². The van der Waals surface area contributed by atoms with Crippen LogP contribution >= 0.6 is 0 Å². The van der Waals surface area contributed by atoms with E-state index in [2.05, 4.69) is 10.2 Å². The van der Waals surface area contributed by atoms with Crippen LogP contribution < -0.4 is 10.5 Å². The SMILES string of the molecule is COc1ccc(O)c(-c2cn[nH]c2N)c1. The van der Waals surface area contributed by atoms with Gasteiger partial charge in [-0.3, -0.25) is 5.10 Å². The maximum atomic E-state index is 9.67. The molecule has 0 atom stereocenters. The van der Waals surface area contributed by atoms with Crippen molar-refractivity contribution in [3.63, 3.8) is 0 Å². The monoisotopic (exact) mass is 205 g/mol. The molecular weight excluding hydrogens is 194 g/mol. The fraction of sp³-hybridized carbons (Fsp3) is 0.100. The van der Waals surface area contributed by atoms with Gasteiger partial charge in [0.05, 0.1) is 13.3 Å². The average Bonchev–Trinajstić information content (AvgIpc) is 2.65. The van der Waals surface area contributed by atoms with Crippen molar-refractivity contribution in [2.75, 3.05) is 12.8 Å². The zero-order valence-corrected chi connectivity index (χ0v) is 8.19. The fourth-order valence-corrected chi connectivity index (χ4v) is 1.37. The number of aromatic hydroxyl groups is 1. The molecule has 5 nitrogen and oxygen atoms in total. The van der Waals surface area contributed by atoms with Crippen molar-refractivity contribution in [1.29, 1.82) is 0 Å². The first-order valence-electron chi connectivity index (χ1n) is 4.38. The van der Waals surface area contributed by atoms with Crippen LogP contribution in [0.1, 0.15) is 0 Å². The van der Waals surface area contributed by atoms with Crippen molar-refractivity contribution in [2.45, 2.75) is 0 Å². The minimum Gasteiger partial charge on any atom is -0.507 e. The standard InChI is InChI=1S/C10H11N3O2/c1-15-6-2-3-9(14)7(4-6)8-5-12-13-10(8)11/h2-5,14H,1H3,(H3,11,12,13). The van der Waals surface area contributed by atoms with E-state index in [1.54, 1.807) is 31.5 Å². The van der Waals surface area contributed by atoms with Crippen molar-refractivity contribution in [3.8, 4) is 22.6 Å². The highest BCUT2D eigenvalue weighted by atomic mass is 16.5. The molecular formula is C10H11N3O2.